The van der Waals surface area contributed by atoms with Gasteiger partial charge in [0.25, 0.3) is 0 Å². The molecule has 0 saturated carbocycles. The number of pyridine rings is 1. The van der Waals surface area contributed by atoms with Crippen LogP contribution in [0, 0.1) is 11.7 Å². The lowest BCUT2D eigenvalue weighted by molar-refractivity contribution is -0.128. The molecule has 1 fully saturated rings. The Kier molecular flexibility index (Phi) is 5.07. The van der Waals surface area contributed by atoms with Gasteiger partial charge in [-0.15, -0.1) is 0 Å². The van der Waals surface area contributed by atoms with Gasteiger partial charge in [-0.2, -0.15) is 0 Å². The fourth-order valence-corrected chi connectivity index (χ4v) is 3.26. The van der Waals surface area contributed by atoms with Crippen molar-refractivity contribution in [2.75, 3.05) is 13.6 Å². The van der Waals surface area contributed by atoms with E-state index in [0.29, 0.717) is 18.5 Å². The Morgan fingerprint density at radius 1 is 1.32 bits per heavy atom. The van der Waals surface area contributed by atoms with Crippen molar-refractivity contribution < 1.29 is 14.0 Å². The van der Waals surface area contributed by atoms with Crippen LogP contribution < -0.4 is 5.32 Å². The Morgan fingerprint density at radius 2 is 2.08 bits per heavy atom. The molecule has 2 heterocycles. The van der Waals surface area contributed by atoms with E-state index < -0.39 is 12.0 Å². The lowest BCUT2D eigenvalue weighted by Gasteiger charge is -2.25. The fraction of sp³-hybridized carbons (Fsp3) is 0.316. The topological polar surface area (TPSA) is 62.3 Å². The van der Waals surface area contributed by atoms with E-state index in [9.17, 15) is 14.0 Å². The van der Waals surface area contributed by atoms with Gasteiger partial charge in [0.05, 0.1) is 12.0 Å². The summed E-state index contributed by atoms with van der Waals surface area (Å²) in [5.41, 5.74) is 1.72. The van der Waals surface area contributed by atoms with Crippen LogP contribution in [0.5, 0.6) is 0 Å². The third-order valence-corrected chi connectivity index (χ3v) is 4.58. The largest absolute Gasteiger partial charge is 0.355 e. The van der Waals surface area contributed by atoms with Crippen LogP contribution in [0.3, 0.4) is 0 Å². The van der Waals surface area contributed by atoms with E-state index >= 15 is 0 Å². The van der Waals surface area contributed by atoms with Crippen molar-refractivity contribution >= 4 is 11.8 Å². The first kappa shape index (κ1) is 17.1. The Labute approximate surface area is 145 Å². The third-order valence-electron chi connectivity index (χ3n) is 4.58. The predicted octanol–water partition coefficient (Wildman–Crippen LogP) is 2.10. The summed E-state index contributed by atoms with van der Waals surface area (Å²) in [6, 6.07) is 9.44. The van der Waals surface area contributed by atoms with Crippen molar-refractivity contribution in [3.63, 3.8) is 0 Å². The first-order chi connectivity index (χ1) is 12.1. The summed E-state index contributed by atoms with van der Waals surface area (Å²) in [5.74, 6) is -1.18. The Morgan fingerprint density at radius 3 is 2.80 bits per heavy atom. The SMILES string of the molecule is CN1C(=O)C[C@H](C(=O)NCCc2ccncc2)[C@H]1c1cccc(F)c1. The minimum absolute atomic E-state index is 0.108. The van der Waals surface area contributed by atoms with Gasteiger partial charge >= 0.3 is 0 Å². The average molecular weight is 341 g/mol. The lowest BCUT2D eigenvalue weighted by atomic mass is 9.93. The summed E-state index contributed by atoms with van der Waals surface area (Å²) in [4.78, 5) is 30.2. The van der Waals surface area contributed by atoms with E-state index in [1.165, 1.54) is 17.0 Å². The second kappa shape index (κ2) is 7.42. The quantitative estimate of drug-likeness (QED) is 0.906. The number of amides is 2. The van der Waals surface area contributed by atoms with Gasteiger partial charge in [0.2, 0.25) is 11.8 Å². The van der Waals surface area contributed by atoms with Crippen molar-refractivity contribution in [3.8, 4) is 0 Å². The molecule has 0 radical (unpaired) electrons. The minimum atomic E-state index is -0.517. The molecule has 2 atom stereocenters. The van der Waals surface area contributed by atoms with Crippen molar-refractivity contribution in [3.05, 3.63) is 65.7 Å². The van der Waals surface area contributed by atoms with Crippen LogP contribution >= 0.6 is 0 Å². The van der Waals surface area contributed by atoms with Gasteiger partial charge in [0, 0.05) is 32.4 Å². The van der Waals surface area contributed by atoms with Crippen LogP contribution in [0.15, 0.2) is 48.8 Å². The number of likely N-dealkylation sites (tertiary alicyclic amines) is 1. The van der Waals surface area contributed by atoms with Gasteiger partial charge in [-0.1, -0.05) is 12.1 Å². The summed E-state index contributed by atoms with van der Waals surface area (Å²) in [6.45, 7) is 0.479. The highest BCUT2D eigenvalue weighted by molar-refractivity contribution is 5.90. The molecule has 1 aliphatic rings. The van der Waals surface area contributed by atoms with Crippen LogP contribution in [-0.2, 0) is 16.0 Å². The maximum Gasteiger partial charge on any atom is 0.226 e. The molecule has 0 unspecified atom stereocenters. The zero-order chi connectivity index (χ0) is 17.8. The molecule has 0 bridgehead atoms. The summed E-state index contributed by atoms with van der Waals surface area (Å²) in [7, 11) is 1.65. The van der Waals surface area contributed by atoms with Gasteiger partial charge < -0.3 is 10.2 Å². The number of carbonyl (C=O) groups is 2. The number of hydrogen-bond donors (Lipinski definition) is 1. The Balaban J connectivity index is 1.68. The van der Waals surface area contributed by atoms with Gasteiger partial charge in [-0.05, 0) is 41.8 Å². The maximum absolute atomic E-state index is 13.6. The first-order valence-electron chi connectivity index (χ1n) is 8.24. The van der Waals surface area contributed by atoms with E-state index in [-0.39, 0.29) is 24.1 Å². The predicted molar refractivity (Wildman–Crippen MR) is 91.0 cm³/mol. The number of aromatic nitrogens is 1. The monoisotopic (exact) mass is 341 g/mol. The van der Waals surface area contributed by atoms with E-state index in [1.54, 1.807) is 31.6 Å². The molecule has 2 amide bonds. The zero-order valence-corrected chi connectivity index (χ0v) is 14.0. The van der Waals surface area contributed by atoms with E-state index in [1.807, 2.05) is 12.1 Å². The smallest absolute Gasteiger partial charge is 0.226 e. The van der Waals surface area contributed by atoms with E-state index in [2.05, 4.69) is 10.3 Å². The number of nitrogens with one attached hydrogen (secondary N) is 1. The number of halogens is 1. The van der Waals surface area contributed by atoms with E-state index in [0.717, 1.165) is 5.56 Å². The number of hydrogen-bond acceptors (Lipinski definition) is 3. The second-order valence-electron chi connectivity index (χ2n) is 6.21. The lowest BCUT2D eigenvalue weighted by Crippen LogP contribution is -2.35. The Bertz CT molecular complexity index is 766. The average Bonchev–Trinajstić information content (AvgIpc) is 2.91. The molecule has 1 aromatic carbocycles. The molecule has 130 valence electrons. The summed E-state index contributed by atoms with van der Waals surface area (Å²) in [5, 5.41) is 2.90. The molecule has 2 aromatic rings. The van der Waals surface area contributed by atoms with Crippen molar-refractivity contribution in [2.45, 2.75) is 18.9 Å². The van der Waals surface area contributed by atoms with E-state index in [4.69, 9.17) is 0 Å². The number of carbonyl (C=O) groups excluding carboxylic acids is 2. The normalized spacial score (nSPS) is 19.9. The molecule has 25 heavy (non-hydrogen) atoms. The van der Waals surface area contributed by atoms with Crippen LogP contribution in [0.25, 0.3) is 0 Å². The van der Waals surface area contributed by atoms with Crippen molar-refractivity contribution in [1.29, 1.82) is 0 Å². The molecule has 1 aliphatic heterocycles. The number of nitrogens with zero attached hydrogens (tertiary/aromatic N) is 2. The fourth-order valence-electron chi connectivity index (χ4n) is 3.26. The Hall–Kier alpha value is -2.76. The van der Waals surface area contributed by atoms with Crippen molar-refractivity contribution in [2.24, 2.45) is 5.92 Å². The van der Waals surface area contributed by atoms with Crippen LogP contribution in [-0.4, -0.2) is 35.3 Å². The highest BCUT2D eigenvalue weighted by Gasteiger charge is 2.42. The van der Waals surface area contributed by atoms with Crippen LogP contribution in [0.1, 0.15) is 23.6 Å². The van der Waals surface area contributed by atoms with Crippen LogP contribution in [0.4, 0.5) is 4.39 Å². The van der Waals surface area contributed by atoms with Crippen molar-refractivity contribution in [1.82, 2.24) is 15.2 Å². The summed E-state index contributed by atoms with van der Waals surface area (Å²) < 4.78 is 13.6. The molecule has 1 aromatic heterocycles. The minimum Gasteiger partial charge on any atom is -0.355 e. The molecule has 0 aliphatic carbocycles. The molecule has 3 rings (SSSR count). The second-order valence-corrected chi connectivity index (χ2v) is 6.21. The number of benzene rings is 1. The summed E-state index contributed by atoms with van der Waals surface area (Å²) in [6.07, 6.45) is 4.25. The molecule has 5 nitrogen and oxygen atoms in total. The summed E-state index contributed by atoms with van der Waals surface area (Å²) >= 11 is 0. The highest BCUT2D eigenvalue weighted by atomic mass is 19.1. The number of rotatable bonds is 5. The molecule has 6 heteroatoms. The molecule has 1 N–H and O–H groups in total. The molecular formula is C19H20FN3O2. The zero-order valence-electron chi connectivity index (χ0n) is 14.0. The van der Waals surface area contributed by atoms with Gasteiger partial charge in [0.1, 0.15) is 5.82 Å². The standard InChI is InChI=1S/C19H20FN3O2/c1-23-17(24)12-16(18(23)14-3-2-4-15(20)11-14)19(25)22-10-7-13-5-8-21-9-6-13/h2-6,8-9,11,16,18H,7,10,12H2,1H3,(H,22,25)/t16-,18+/m0/s1. The molecule has 1 saturated heterocycles. The molecular weight excluding hydrogens is 321 g/mol. The van der Waals surface area contributed by atoms with Gasteiger partial charge in [0.15, 0.2) is 0 Å². The molecule has 0 spiro atoms. The van der Waals surface area contributed by atoms with Crippen LogP contribution in [0.2, 0.25) is 0 Å². The highest BCUT2D eigenvalue weighted by Crippen LogP contribution is 2.37. The first-order valence-corrected chi connectivity index (χ1v) is 8.24. The van der Waals surface area contributed by atoms with Gasteiger partial charge in [-0.3, -0.25) is 14.6 Å². The third kappa shape index (κ3) is 3.84. The maximum atomic E-state index is 13.6. The van der Waals surface area contributed by atoms with Gasteiger partial charge in [-0.25, -0.2) is 4.39 Å².